The van der Waals surface area contributed by atoms with Gasteiger partial charge >= 0.3 is 0 Å². The number of methoxy groups -OCH3 is 1. The van der Waals surface area contributed by atoms with E-state index < -0.39 is 5.92 Å². The van der Waals surface area contributed by atoms with E-state index in [0.29, 0.717) is 30.0 Å². The molecule has 1 saturated heterocycles. The van der Waals surface area contributed by atoms with Crippen molar-refractivity contribution >= 4 is 29.2 Å². The minimum absolute atomic E-state index is 0.100. The van der Waals surface area contributed by atoms with Gasteiger partial charge in [0.05, 0.1) is 13.7 Å². The average molecular weight is 504 g/mol. The maximum absolute atomic E-state index is 13.6. The number of halogens is 1. The van der Waals surface area contributed by atoms with Gasteiger partial charge in [-0.05, 0) is 60.1 Å². The highest BCUT2D eigenvalue weighted by molar-refractivity contribution is 6.30. The third-order valence-electron chi connectivity index (χ3n) is 6.75. The van der Waals surface area contributed by atoms with Crippen molar-refractivity contribution < 1.29 is 19.1 Å². The van der Waals surface area contributed by atoms with Crippen molar-refractivity contribution in [3.8, 4) is 5.75 Å². The van der Waals surface area contributed by atoms with Crippen LogP contribution in [0.3, 0.4) is 0 Å². The van der Waals surface area contributed by atoms with Gasteiger partial charge < -0.3 is 4.74 Å². The van der Waals surface area contributed by atoms with Gasteiger partial charge in [0.2, 0.25) is 11.8 Å². The molecule has 5 nitrogen and oxygen atoms in total. The Morgan fingerprint density at radius 1 is 1.03 bits per heavy atom. The summed E-state index contributed by atoms with van der Waals surface area (Å²) in [7, 11) is 1.57. The van der Waals surface area contributed by atoms with Crippen molar-refractivity contribution in [3.63, 3.8) is 0 Å². The van der Waals surface area contributed by atoms with E-state index in [2.05, 4.69) is 0 Å². The van der Waals surface area contributed by atoms with Crippen LogP contribution in [-0.2, 0) is 27.2 Å². The molecule has 3 aromatic rings. The minimum Gasteiger partial charge on any atom is -0.496 e. The standard InChI is InChI=1S/C30H30ClNO4/c1-36-28-15-13-26(31)18-25(28)17-23-12-14-27(33)20-32(30(23)35)29(34)19-24(22-10-6-3-7-11-22)16-21-8-4-2-5-9-21/h2-11,13,15,18,23-24H,12,14,16-17,19-20H2,1H3. The molecule has 0 spiro atoms. The van der Waals surface area contributed by atoms with Gasteiger partial charge in [0.1, 0.15) is 5.75 Å². The quantitative estimate of drug-likeness (QED) is 0.399. The fourth-order valence-corrected chi connectivity index (χ4v) is 5.03. The lowest BCUT2D eigenvalue weighted by atomic mass is 9.88. The SMILES string of the molecule is COc1ccc(Cl)cc1CC1CCC(=O)CN(C(=O)CC(Cc2ccccc2)c2ccccc2)C1=O. The molecule has 0 saturated carbocycles. The molecule has 1 fully saturated rings. The van der Waals surface area contributed by atoms with Crippen molar-refractivity contribution in [2.75, 3.05) is 13.7 Å². The van der Waals surface area contributed by atoms with E-state index in [1.54, 1.807) is 25.3 Å². The lowest BCUT2D eigenvalue weighted by Gasteiger charge is -2.25. The summed E-state index contributed by atoms with van der Waals surface area (Å²) in [5, 5.41) is 0.544. The van der Waals surface area contributed by atoms with Crippen LogP contribution in [0.2, 0.25) is 5.02 Å². The minimum atomic E-state index is -0.503. The number of hydrogen-bond acceptors (Lipinski definition) is 4. The van der Waals surface area contributed by atoms with Crippen LogP contribution in [0.25, 0.3) is 0 Å². The number of nitrogens with zero attached hydrogens (tertiary/aromatic N) is 1. The van der Waals surface area contributed by atoms with Crippen LogP contribution in [0.4, 0.5) is 0 Å². The smallest absolute Gasteiger partial charge is 0.233 e. The number of Topliss-reactive ketones (excluding diaryl/α,β-unsaturated/α-hetero) is 1. The highest BCUT2D eigenvalue weighted by Crippen LogP contribution is 2.30. The second-order valence-electron chi connectivity index (χ2n) is 9.25. The highest BCUT2D eigenvalue weighted by Gasteiger charge is 2.35. The Labute approximate surface area is 217 Å². The van der Waals surface area contributed by atoms with E-state index in [-0.39, 0.29) is 42.9 Å². The van der Waals surface area contributed by atoms with Crippen LogP contribution in [0.15, 0.2) is 78.9 Å². The Hall–Kier alpha value is -3.44. The van der Waals surface area contributed by atoms with Gasteiger partial charge in [-0.15, -0.1) is 0 Å². The van der Waals surface area contributed by atoms with E-state index in [4.69, 9.17) is 16.3 Å². The van der Waals surface area contributed by atoms with Crippen LogP contribution < -0.4 is 4.74 Å². The first-order valence-corrected chi connectivity index (χ1v) is 12.6. The number of carbonyl (C=O) groups is 3. The van der Waals surface area contributed by atoms with Crippen molar-refractivity contribution in [2.45, 2.75) is 38.0 Å². The fourth-order valence-electron chi connectivity index (χ4n) is 4.84. The molecule has 1 aliphatic heterocycles. The molecule has 1 aliphatic rings. The zero-order valence-electron chi connectivity index (χ0n) is 20.4. The fraction of sp³-hybridized carbons (Fsp3) is 0.300. The molecular formula is C30H30ClNO4. The van der Waals surface area contributed by atoms with Gasteiger partial charge in [-0.1, -0.05) is 72.3 Å². The van der Waals surface area contributed by atoms with Gasteiger partial charge in [0, 0.05) is 23.8 Å². The number of carbonyl (C=O) groups excluding carboxylic acids is 3. The Balaban J connectivity index is 1.56. The third kappa shape index (κ3) is 6.41. The predicted octanol–water partition coefficient (Wildman–Crippen LogP) is 5.64. The normalized spacial score (nSPS) is 16.9. The number of imide groups is 1. The van der Waals surface area contributed by atoms with E-state index in [1.165, 1.54) is 4.90 Å². The largest absolute Gasteiger partial charge is 0.496 e. The molecule has 0 bridgehead atoms. The molecule has 3 aromatic carbocycles. The van der Waals surface area contributed by atoms with Crippen LogP contribution in [0.5, 0.6) is 5.75 Å². The Morgan fingerprint density at radius 2 is 1.72 bits per heavy atom. The molecule has 1 heterocycles. The van der Waals surface area contributed by atoms with E-state index >= 15 is 0 Å². The van der Waals surface area contributed by atoms with Crippen molar-refractivity contribution in [1.82, 2.24) is 4.90 Å². The summed E-state index contributed by atoms with van der Waals surface area (Å²) in [6.07, 6.45) is 1.81. The van der Waals surface area contributed by atoms with Gasteiger partial charge in [-0.25, -0.2) is 0 Å². The highest BCUT2D eigenvalue weighted by atomic mass is 35.5. The monoisotopic (exact) mass is 503 g/mol. The molecule has 186 valence electrons. The maximum atomic E-state index is 13.6. The lowest BCUT2D eigenvalue weighted by Crippen LogP contribution is -2.42. The number of benzene rings is 3. The summed E-state index contributed by atoms with van der Waals surface area (Å²) < 4.78 is 5.44. The summed E-state index contributed by atoms with van der Waals surface area (Å²) in [4.78, 5) is 40.9. The second-order valence-corrected chi connectivity index (χ2v) is 9.69. The Bertz CT molecular complexity index is 1210. The molecule has 6 heteroatoms. The van der Waals surface area contributed by atoms with Gasteiger partial charge in [0.25, 0.3) is 0 Å². The molecule has 0 radical (unpaired) electrons. The first kappa shape index (κ1) is 25.6. The summed E-state index contributed by atoms with van der Waals surface area (Å²) in [5.74, 6) is -0.706. The molecule has 0 aliphatic carbocycles. The summed E-state index contributed by atoms with van der Waals surface area (Å²) >= 11 is 6.19. The van der Waals surface area contributed by atoms with E-state index in [1.807, 2.05) is 60.7 Å². The molecule has 0 N–H and O–H groups in total. The van der Waals surface area contributed by atoms with Gasteiger partial charge in [-0.3, -0.25) is 19.3 Å². The summed E-state index contributed by atoms with van der Waals surface area (Å²) in [6.45, 7) is -0.173. The number of amides is 2. The number of ketones is 1. The molecule has 4 rings (SSSR count). The van der Waals surface area contributed by atoms with Crippen LogP contribution in [0.1, 0.15) is 41.9 Å². The number of hydrogen-bond donors (Lipinski definition) is 0. The number of likely N-dealkylation sites (tertiary alicyclic amines) is 1. The Morgan fingerprint density at radius 3 is 2.42 bits per heavy atom. The van der Waals surface area contributed by atoms with Crippen LogP contribution in [-0.4, -0.2) is 36.2 Å². The van der Waals surface area contributed by atoms with Crippen LogP contribution >= 0.6 is 11.6 Å². The number of ether oxygens (including phenoxy) is 1. The van der Waals surface area contributed by atoms with Crippen molar-refractivity contribution in [2.24, 2.45) is 5.92 Å². The molecule has 0 aromatic heterocycles. The Kier molecular flexibility index (Phi) is 8.55. The second kappa shape index (κ2) is 12.0. The summed E-state index contributed by atoms with van der Waals surface area (Å²) in [6, 6.07) is 25.1. The molecule has 2 amide bonds. The van der Waals surface area contributed by atoms with E-state index in [9.17, 15) is 14.4 Å². The van der Waals surface area contributed by atoms with Gasteiger partial charge in [-0.2, -0.15) is 0 Å². The third-order valence-corrected chi connectivity index (χ3v) is 6.98. The first-order valence-electron chi connectivity index (χ1n) is 12.2. The molecule has 2 unspecified atom stereocenters. The van der Waals surface area contributed by atoms with E-state index in [0.717, 1.165) is 16.7 Å². The molecule has 36 heavy (non-hydrogen) atoms. The average Bonchev–Trinajstić information content (AvgIpc) is 3.03. The zero-order valence-corrected chi connectivity index (χ0v) is 21.1. The topological polar surface area (TPSA) is 63.7 Å². The van der Waals surface area contributed by atoms with Crippen molar-refractivity contribution in [1.29, 1.82) is 0 Å². The lowest BCUT2D eigenvalue weighted by molar-refractivity contribution is -0.148. The maximum Gasteiger partial charge on any atom is 0.233 e. The van der Waals surface area contributed by atoms with Crippen LogP contribution in [0, 0.1) is 5.92 Å². The zero-order chi connectivity index (χ0) is 25.5. The van der Waals surface area contributed by atoms with Gasteiger partial charge in [0.15, 0.2) is 5.78 Å². The van der Waals surface area contributed by atoms with Crippen molar-refractivity contribution in [3.05, 3.63) is 101 Å². The number of rotatable bonds is 8. The first-order chi connectivity index (χ1) is 17.4. The molecule has 2 atom stereocenters. The molecular weight excluding hydrogens is 474 g/mol. The summed E-state index contributed by atoms with van der Waals surface area (Å²) in [5.41, 5.74) is 2.93. The predicted molar refractivity (Wildman–Crippen MR) is 140 cm³/mol.